The Bertz CT molecular complexity index is 952. The second-order valence-electron chi connectivity index (χ2n) is 6.37. The number of hydrogen-bond acceptors (Lipinski definition) is 2. The second-order valence-corrected chi connectivity index (χ2v) is 6.77. The van der Waals surface area contributed by atoms with Crippen LogP contribution in [0.5, 0.6) is 0 Å². The van der Waals surface area contributed by atoms with E-state index in [2.05, 4.69) is 30.5 Å². The summed E-state index contributed by atoms with van der Waals surface area (Å²) in [6.45, 7) is 4.33. The quantitative estimate of drug-likeness (QED) is 0.604. The van der Waals surface area contributed by atoms with Crippen LogP contribution in [-0.4, -0.2) is 11.0 Å². The zero-order valence-electron chi connectivity index (χ0n) is 15.0. The van der Waals surface area contributed by atoms with Crippen LogP contribution in [0.1, 0.15) is 42.1 Å². The van der Waals surface area contributed by atoms with Gasteiger partial charge in [0, 0.05) is 11.3 Å². The van der Waals surface area contributed by atoms with Crippen molar-refractivity contribution in [2.75, 3.05) is 5.32 Å². The first-order valence-corrected chi connectivity index (χ1v) is 9.19. The van der Waals surface area contributed by atoms with E-state index in [1.54, 1.807) is 0 Å². The van der Waals surface area contributed by atoms with Crippen molar-refractivity contribution in [2.45, 2.75) is 26.2 Å². The molecule has 2 N–H and O–H groups in total. The van der Waals surface area contributed by atoms with Crippen molar-refractivity contribution in [1.82, 2.24) is 5.32 Å². The number of fused-ring (bicyclic) bond motifs is 1. The Morgan fingerprint density at radius 3 is 2.46 bits per heavy atom. The summed E-state index contributed by atoms with van der Waals surface area (Å²) >= 11 is 5.35. The number of anilines is 1. The van der Waals surface area contributed by atoms with E-state index >= 15 is 0 Å². The summed E-state index contributed by atoms with van der Waals surface area (Å²) in [6, 6.07) is 21.6. The molecule has 3 nitrogen and oxygen atoms in total. The lowest BCUT2D eigenvalue weighted by molar-refractivity contribution is 0.0978. The molecule has 0 radical (unpaired) electrons. The van der Waals surface area contributed by atoms with E-state index in [9.17, 15) is 4.79 Å². The smallest absolute Gasteiger partial charge is 0.257 e. The molecule has 0 bridgehead atoms. The molecule has 1 atom stereocenters. The molecular formula is C22H22N2OS. The minimum Gasteiger partial charge on any atom is -0.332 e. The van der Waals surface area contributed by atoms with Gasteiger partial charge in [-0.15, -0.1) is 0 Å². The number of carbonyl (C=O) groups excluding carboxylic acids is 1. The number of amides is 1. The average Bonchev–Trinajstić information content (AvgIpc) is 2.67. The van der Waals surface area contributed by atoms with Crippen LogP contribution in [0.25, 0.3) is 10.8 Å². The van der Waals surface area contributed by atoms with Crippen LogP contribution in [0.2, 0.25) is 0 Å². The largest absolute Gasteiger partial charge is 0.332 e. The van der Waals surface area contributed by atoms with Gasteiger partial charge in [0.15, 0.2) is 5.11 Å². The molecule has 4 heteroatoms. The SMILES string of the molecule is CC[C@@H](C)c1ccccc1NC(=S)NC(=O)c1ccc2ccccc2c1. The highest BCUT2D eigenvalue weighted by molar-refractivity contribution is 7.80. The number of benzene rings is 3. The Balaban J connectivity index is 1.72. The highest BCUT2D eigenvalue weighted by Crippen LogP contribution is 2.26. The summed E-state index contributed by atoms with van der Waals surface area (Å²) in [7, 11) is 0. The minimum atomic E-state index is -0.214. The van der Waals surface area contributed by atoms with E-state index in [1.165, 1.54) is 5.56 Å². The highest BCUT2D eigenvalue weighted by atomic mass is 32.1. The van der Waals surface area contributed by atoms with Crippen LogP contribution >= 0.6 is 12.2 Å². The number of nitrogens with one attached hydrogen (secondary N) is 2. The molecule has 132 valence electrons. The maximum atomic E-state index is 12.5. The number of para-hydroxylation sites is 1. The molecule has 0 aliphatic rings. The maximum Gasteiger partial charge on any atom is 0.257 e. The lowest BCUT2D eigenvalue weighted by Gasteiger charge is -2.17. The van der Waals surface area contributed by atoms with Crippen LogP contribution in [0, 0.1) is 0 Å². The normalized spacial score (nSPS) is 11.8. The molecule has 1 amide bonds. The molecule has 0 saturated heterocycles. The Labute approximate surface area is 159 Å². The van der Waals surface area contributed by atoms with Gasteiger partial charge >= 0.3 is 0 Å². The lowest BCUT2D eigenvalue weighted by atomic mass is 9.97. The monoisotopic (exact) mass is 362 g/mol. The molecule has 0 fully saturated rings. The van der Waals surface area contributed by atoms with Crippen molar-refractivity contribution < 1.29 is 4.79 Å². The third-order valence-electron chi connectivity index (χ3n) is 4.59. The molecule has 3 rings (SSSR count). The Hall–Kier alpha value is -2.72. The van der Waals surface area contributed by atoms with E-state index in [0.717, 1.165) is 22.9 Å². The molecule has 0 aliphatic carbocycles. The first-order valence-electron chi connectivity index (χ1n) is 8.78. The van der Waals surface area contributed by atoms with Crippen molar-refractivity contribution in [3.8, 4) is 0 Å². The second kappa shape index (κ2) is 8.11. The fourth-order valence-corrected chi connectivity index (χ4v) is 3.12. The minimum absolute atomic E-state index is 0.214. The average molecular weight is 362 g/mol. The number of thiocarbonyl (C=S) groups is 1. The molecule has 0 spiro atoms. The van der Waals surface area contributed by atoms with Crippen molar-refractivity contribution in [3.05, 3.63) is 77.9 Å². The standard InChI is InChI=1S/C22H22N2OS/c1-3-15(2)19-10-6-7-11-20(19)23-22(26)24-21(25)18-13-12-16-8-4-5-9-17(16)14-18/h4-15H,3H2,1-2H3,(H2,23,24,25,26)/t15-/m1/s1. The van der Waals surface area contributed by atoms with Crippen molar-refractivity contribution in [2.24, 2.45) is 0 Å². The van der Waals surface area contributed by atoms with Crippen LogP contribution in [0.15, 0.2) is 66.7 Å². The summed E-state index contributed by atoms with van der Waals surface area (Å²) in [5.41, 5.74) is 2.71. The predicted octanol–water partition coefficient (Wildman–Crippen LogP) is 5.48. The molecular weight excluding hydrogens is 340 g/mol. The summed E-state index contributed by atoms with van der Waals surface area (Å²) in [5.74, 6) is 0.201. The van der Waals surface area contributed by atoms with E-state index < -0.39 is 0 Å². The molecule has 0 saturated carbocycles. The number of carbonyl (C=O) groups is 1. The van der Waals surface area contributed by atoms with Gasteiger partial charge in [-0.25, -0.2) is 0 Å². The first kappa shape index (κ1) is 18.1. The summed E-state index contributed by atoms with van der Waals surface area (Å²) in [4.78, 5) is 12.5. The molecule has 3 aromatic rings. The summed E-state index contributed by atoms with van der Waals surface area (Å²) in [5, 5.41) is 8.38. The third kappa shape index (κ3) is 4.09. The van der Waals surface area contributed by atoms with E-state index in [-0.39, 0.29) is 5.91 Å². The van der Waals surface area contributed by atoms with Gasteiger partial charge in [0.05, 0.1) is 0 Å². The number of rotatable bonds is 4. The van der Waals surface area contributed by atoms with Gasteiger partial charge < -0.3 is 5.32 Å². The van der Waals surface area contributed by atoms with Gasteiger partial charge in [0.1, 0.15) is 0 Å². The van der Waals surface area contributed by atoms with Gasteiger partial charge in [0.25, 0.3) is 5.91 Å². The van der Waals surface area contributed by atoms with E-state index in [4.69, 9.17) is 12.2 Å². The Morgan fingerprint density at radius 1 is 1.00 bits per heavy atom. The Kier molecular flexibility index (Phi) is 5.64. The fraction of sp³-hybridized carbons (Fsp3) is 0.182. The molecule has 0 heterocycles. The maximum absolute atomic E-state index is 12.5. The van der Waals surface area contributed by atoms with E-state index in [1.807, 2.05) is 60.7 Å². The lowest BCUT2D eigenvalue weighted by Crippen LogP contribution is -2.34. The highest BCUT2D eigenvalue weighted by Gasteiger charge is 2.12. The van der Waals surface area contributed by atoms with Crippen LogP contribution in [0.4, 0.5) is 5.69 Å². The van der Waals surface area contributed by atoms with Gasteiger partial charge in [-0.3, -0.25) is 10.1 Å². The van der Waals surface area contributed by atoms with E-state index in [0.29, 0.717) is 16.6 Å². The number of hydrogen-bond donors (Lipinski definition) is 2. The molecule has 0 aliphatic heterocycles. The first-order chi connectivity index (χ1) is 12.6. The fourth-order valence-electron chi connectivity index (χ4n) is 2.92. The van der Waals surface area contributed by atoms with Crippen LogP contribution in [-0.2, 0) is 0 Å². The zero-order valence-corrected chi connectivity index (χ0v) is 15.8. The molecule has 0 aromatic heterocycles. The summed E-state index contributed by atoms with van der Waals surface area (Å²) in [6.07, 6.45) is 1.04. The van der Waals surface area contributed by atoms with Crippen molar-refractivity contribution in [3.63, 3.8) is 0 Å². The van der Waals surface area contributed by atoms with Crippen molar-refractivity contribution >= 4 is 39.7 Å². The topological polar surface area (TPSA) is 41.1 Å². The zero-order chi connectivity index (χ0) is 18.5. The molecule has 26 heavy (non-hydrogen) atoms. The van der Waals surface area contributed by atoms with Crippen molar-refractivity contribution in [1.29, 1.82) is 0 Å². The van der Waals surface area contributed by atoms with Gasteiger partial charge in [0.2, 0.25) is 0 Å². The van der Waals surface area contributed by atoms with Crippen LogP contribution < -0.4 is 10.6 Å². The van der Waals surface area contributed by atoms with Gasteiger partial charge in [-0.1, -0.05) is 62.4 Å². The van der Waals surface area contributed by atoms with Gasteiger partial charge in [-0.2, -0.15) is 0 Å². The molecule has 3 aromatic carbocycles. The van der Waals surface area contributed by atoms with Crippen LogP contribution in [0.3, 0.4) is 0 Å². The molecule has 0 unspecified atom stereocenters. The predicted molar refractivity (Wildman–Crippen MR) is 113 cm³/mol. The Morgan fingerprint density at radius 2 is 1.69 bits per heavy atom. The van der Waals surface area contributed by atoms with Gasteiger partial charge in [-0.05, 0) is 59.1 Å². The third-order valence-corrected chi connectivity index (χ3v) is 4.80. The summed E-state index contributed by atoms with van der Waals surface area (Å²) < 4.78 is 0.